The minimum Gasteiger partial charge on any atom is -0.397 e. The van der Waals surface area contributed by atoms with Gasteiger partial charge >= 0.3 is 0 Å². The number of nitrogens with two attached hydrogens (primary N) is 1. The van der Waals surface area contributed by atoms with E-state index in [1.807, 2.05) is 0 Å². The lowest BCUT2D eigenvalue weighted by Gasteiger charge is -2.30. The van der Waals surface area contributed by atoms with Crippen molar-refractivity contribution in [2.45, 2.75) is 13.8 Å². The molecule has 1 aromatic rings. The zero-order valence-corrected chi connectivity index (χ0v) is 9.42. The van der Waals surface area contributed by atoms with Crippen LogP contribution in [0.25, 0.3) is 0 Å². The first-order chi connectivity index (χ1) is 7.18. The molecular formula is C12H18N2O. The minimum absolute atomic E-state index is 0.798. The van der Waals surface area contributed by atoms with Crippen molar-refractivity contribution >= 4 is 11.4 Å². The van der Waals surface area contributed by atoms with Crippen LogP contribution in [0, 0.1) is 13.8 Å². The Morgan fingerprint density at radius 3 is 2.40 bits per heavy atom. The Morgan fingerprint density at radius 2 is 1.73 bits per heavy atom. The number of morpholine rings is 1. The van der Waals surface area contributed by atoms with Gasteiger partial charge in [0.05, 0.1) is 24.6 Å². The fourth-order valence-electron chi connectivity index (χ4n) is 1.90. The molecule has 1 fully saturated rings. The summed E-state index contributed by atoms with van der Waals surface area (Å²) < 4.78 is 5.33. The van der Waals surface area contributed by atoms with Gasteiger partial charge in [-0.2, -0.15) is 0 Å². The van der Waals surface area contributed by atoms with Crippen LogP contribution in [-0.2, 0) is 4.74 Å². The highest BCUT2D eigenvalue weighted by molar-refractivity contribution is 5.70. The zero-order valence-electron chi connectivity index (χ0n) is 9.42. The highest BCUT2D eigenvalue weighted by atomic mass is 16.5. The van der Waals surface area contributed by atoms with E-state index in [0.717, 1.165) is 37.7 Å². The number of nitrogen functional groups attached to an aromatic ring is 1. The van der Waals surface area contributed by atoms with Gasteiger partial charge in [0.2, 0.25) is 0 Å². The van der Waals surface area contributed by atoms with Gasteiger partial charge in [0.15, 0.2) is 0 Å². The van der Waals surface area contributed by atoms with Crippen molar-refractivity contribution in [1.82, 2.24) is 0 Å². The molecule has 0 atom stereocenters. The van der Waals surface area contributed by atoms with Crippen molar-refractivity contribution < 1.29 is 4.74 Å². The summed E-state index contributed by atoms with van der Waals surface area (Å²) in [6.07, 6.45) is 0. The Balaban J connectivity index is 2.30. The molecule has 82 valence electrons. The lowest BCUT2D eigenvalue weighted by Crippen LogP contribution is -2.36. The third-order valence-electron chi connectivity index (χ3n) is 2.99. The first-order valence-corrected chi connectivity index (χ1v) is 5.38. The molecule has 1 aliphatic rings. The normalized spacial score (nSPS) is 16.8. The van der Waals surface area contributed by atoms with Crippen LogP contribution in [0.15, 0.2) is 12.1 Å². The molecule has 1 aromatic carbocycles. The monoisotopic (exact) mass is 206 g/mol. The van der Waals surface area contributed by atoms with Crippen molar-refractivity contribution in [3.63, 3.8) is 0 Å². The van der Waals surface area contributed by atoms with Gasteiger partial charge in [0, 0.05) is 13.1 Å². The summed E-state index contributed by atoms with van der Waals surface area (Å²) in [6, 6.07) is 4.23. The quantitative estimate of drug-likeness (QED) is 0.711. The lowest BCUT2D eigenvalue weighted by molar-refractivity contribution is 0.123. The van der Waals surface area contributed by atoms with Gasteiger partial charge in [-0.25, -0.2) is 0 Å². The van der Waals surface area contributed by atoms with Gasteiger partial charge in [-0.15, -0.1) is 0 Å². The first kappa shape index (κ1) is 10.3. The van der Waals surface area contributed by atoms with E-state index < -0.39 is 0 Å². The van der Waals surface area contributed by atoms with E-state index in [1.54, 1.807) is 0 Å². The lowest BCUT2D eigenvalue weighted by atomic mass is 10.1. The SMILES string of the molecule is Cc1cc(N)c(N2CCOCC2)cc1C. The van der Waals surface area contributed by atoms with E-state index >= 15 is 0 Å². The Bertz CT molecular complexity index is 357. The molecule has 0 aromatic heterocycles. The summed E-state index contributed by atoms with van der Waals surface area (Å²) >= 11 is 0. The molecule has 1 saturated heterocycles. The van der Waals surface area contributed by atoms with Gasteiger partial charge in [-0.1, -0.05) is 0 Å². The summed E-state index contributed by atoms with van der Waals surface area (Å²) in [6.45, 7) is 7.69. The molecule has 1 heterocycles. The predicted octanol–water partition coefficient (Wildman–Crippen LogP) is 1.72. The van der Waals surface area contributed by atoms with E-state index in [1.165, 1.54) is 11.1 Å². The molecule has 2 N–H and O–H groups in total. The standard InChI is InChI=1S/C12H18N2O/c1-9-7-11(13)12(8-10(9)2)14-3-5-15-6-4-14/h7-8H,3-6,13H2,1-2H3. The number of nitrogens with zero attached hydrogens (tertiary/aromatic N) is 1. The van der Waals surface area contributed by atoms with Gasteiger partial charge in [0.1, 0.15) is 0 Å². The molecule has 2 rings (SSSR count). The van der Waals surface area contributed by atoms with Gasteiger partial charge in [-0.05, 0) is 37.1 Å². The number of hydrogen-bond donors (Lipinski definition) is 1. The second-order valence-corrected chi connectivity index (χ2v) is 4.09. The molecule has 0 radical (unpaired) electrons. The summed E-state index contributed by atoms with van der Waals surface area (Å²) in [7, 11) is 0. The second kappa shape index (κ2) is 4.11. The molecule has 1 aliphatic heterocycles. The van der Waals surface area contributed by atoms with E-state index in [4.69, 9.17) is 10.5 Å². The van der Waals surface area contributed by atoms with Gasteiger partial charge in [-0.3, -0.25) is 0 Å². The number of hydrogen-bond acceptors (Lipinski definition) is 3. The number of aryl methyl sites for hydroxylation is 2. The second-order valence-electron chi connectivity index (χ2n) is 4.09. The molecule has 0 saturated carbocycles. The van der Waals surface area contributed by atoms with E-state index in [2.05, 4.69) is 30.9 Å². The van der Waals surface area contributed by atoms with Crippen molar-refractivity contribution in [3.05, 3.63) is 23.3 Å². The summed E-state index contributed by atoms with van der Waals surface area (Å²) in [5.41, 5.74) is 10.6. The van der Waals surface area contributed by atoms with Crippen LogP contribution in [-0.4, -0.2) is 26.3 Å². The minimum atomic E-state index is 0.798. The molecule has 3 nitrogen and oxygen atoms in total. The Hall–Kier alpha value is -1.22. The summed E-state index contributed by atoms with van der Waals surface area (Å²) in [4.78, 5) is 2.30. The maximum Gasteiger partial charge on any atom is 0.0642 e. The topological polar surface area (TPSA) is 38.5 Å². The summed E-state index contributed by atoms with van der Waals surface area (Å²) in [5.74, 6) is 0. The van der Waals surface area contributed by atoms with Crippen LogP contribution in [0.4, 0.5) is 11.4 Å². The molecule has 0 amide bonds. The largest absolute Gasteiger partial charge is 0.397 e. The Morgan fingerprint density at radius 1 is 1.13 bits per heavy atom. The number of benzene rings is 1. The molecule has 0 spiro atoms. The van der Waals surface area contributed by atoms with Crippen LogP contribution in [0.1, 0.15) is 11.1 Å². The fourth-order valence-corrected chi connectivity index (χ4v) is 1.90. The van der Waals surface area contributed by atoms with E-state index in [0.29, 0.717) is 0 Å². The van der Waals surface area contributed by atoms with Crippen molar-refractivity contribution in [3.8, 4) is 0 Å². The molecular weight excluding hydrogens is 188 g/mol. The van der Waals surface area contributed by atoms with Crippen LogP contribution in [0.5, 0.6) is 0 Å². The highest BCUT2D eigenvalue weighted by Crippen LogP contribution is 2.27. The fraction of sp³-hybridized carbons (Fsp3) is 0.500. The van der Waals surface area contributed by atoms with Crippen molar-refractivity contribution in [2.75, 3.05) is 36.9 Å². The molecule has 3 heteroatoms. The van der Waals surface area contributed by atoms with Crippen molar-refractivity contribution in [2.24, 2.45) is 0 Å². The maximum absolute atomic E-state index is 6.04. The molecule has 15 heavy (non-hydrogen) atoms. The first-order valence-electron chi connectivity index (χ1n) is 5.38. The maximum atomic E-state index is 6.04. The predicted molar refractivity (Wildman–Crippen MR) is 63.4 cm³/mol. The highest BCUT2D eigenvalue weighted by Gasteiger charge is 2.14. The van der Waals surface area contributed by atoms with E-state index in [-0.39, 0.29) is 0 Å². The van der Waals surface area contributed by atoms with Gasteiger partial charge in [0.25, 0.3) is 0 Å². The van der Waals surface area contributed by atoms with Crippen LogP contribution in [0.2, 0.25) is 0 Å². The molecule has 0 aliphatic carbocycles. The smallest absolute Gasteiger partial charge is 0.0642 e. The average Bonchev–Trinajstić information content (AvgIpc) is 2.25. The van der Waals surface area contributed by atoms with E-state index in [9.17, 15) is 0 Å². The molecule has 0 bridgehead atoms. The van der Waals surface area contributed by atoms with Crippen molar-refractivity contribution in [1.29, 1.82) is 0 Å². The third-order valence-corrected chi connectivity index (χ3v) is 2.99. The third kappa shape index (κ3) is 2.07. The van der Waals surface area contributed by atoms with Gasteiger partial charge < -0.3 is 15.4 Å². The van der Waals surface area contributed by atoms with Crippen LogP contribution >= 0.6 is 0 Å². The summed E-state index contributed by atoms with van der Waals surface area (Å²) in [5, 5.41) is 0. The number of rotatable bonds is 1. The Kier molecular flexibility index (Phi) is 2.82. The average molecular weight is 206 g/mol. The van der Waals surface area contributed by atoms with Crippen LogP contribution < -0.4 is 10.6 Å². The number of ether oxygens (including phenoxy) is 1. The van der Waals surface area contributed by atoms with Crippen LogP contribution in [0.3, 0.4) is 0 Å². The zero-order chi connectivity index (χ0) is 10.8. The number of anilines is 2. The Labute approximate surface area is 90.8 Å². The molecule has 0 unspecified atom stereocenters.